The van der Waals surface area contributed by atoms with Gasteiger partial charge in [0, 0.05) is 5.92 Å². The predicted octanol–water partition coefficient (Wildman–Crippen LogP) is 3.04. The van der Waals surface area contributed by atoms with E-state index in [1.54, 1.807) is 12.1 Å². The van der Waals surface area contributed by atoms with Crippen LogP contribution < -0.4 is 0 Å². The van der Waals surface area contributed by atoms with Gasteiger partial charge in [0.2, 0.25) is 0 Å². The zero-order valence-corrected chi connectivity index (χ0v) is 9.73. The Bertz CT molecular complexity index is 612. The molecule has 88 valence electrons. The van der Waals surface area contributed by atoms with E-state index in [0.29, 0.717) is 22.9 Å². The maximum atomic E-state index is 11.0. The first-order chi connectivity index (χ1) is 7.99. The highest BCUT2D eigenvalue weighted by Gasteiger charge is 2.49. The highest BCUT2D eigenvalue weighted by Crippen LogP contribution is 2.58. The fraction of sp³-hybridized carbons (Fsp3) is 0.385. The van der Waals surface area contributed by atoms with Crippen molar-refractivity contribution in [3.05, 3.63) is 29.7 Å². The third-order valence-corrected chi connectivity index (χ3v) is 3.47. The molecule has 1 aliphatic rings. The minimum absolute atomic E-state index is 0.180. The van der Waals surface area contributed by atoms with Gasteiger partial charge in [-0.25, -0.2) is 9.78 Å². The van der Waals surface area contributed by atoms with Crippen molar-refractivity contribution in [1.82, 2.24) is 4.98 Å². The Balaban J connectivity index is 2.13. The van der Waals surface area contributed by atoms with Gasteiger partial charge in [-0.15, -0.1) is 0 Å². The van der Waals surface area contributed by atoms with E-state index in [4.69, 9.17) is 9.52 Å². The van der Waals surface area contributed by atoms with E-state index in [2.05, 4.69) is 18.8 Å². The maximum absolute atomic E-state index is 11.0. The van der Waals surface area contributed by atoms with E-state index >= 15 is 0 Å². The summed E-state index contributed by atoms with van der Waals surface area (Å²) in [5.74, 6) is 0.00334. The predicted molar refractivity (Wildman–Crippen MR) is 62.1 cm³/mol. The zero-order chi connectivity index (χ0) is 12.2. The summed E-state index contributed by atoms with van der Waals surface area (Å²) < 4.78 is 5.63. The summed E-state index contributed by atoms with van der Waals surface area (Å²) in [5.41, 5.74) is 1.42. The minimum atomic E-state index is -0.978. The monoisotopic (exact) mass is 231 g/mol. The molecule has 3 rings (SSSR count). The Hall–Kier alpha value is -1.84. The van der Waals surface area contributed by atoms with Crippen molar-refractivity contribution < 1.29 is 14.3 Å². The van der Waals surface area contributed by atoms with Gasteiger partial charge in [0.1, 0.15) is 11.1 Å². The molecule has 1 fully saturated rings. The lowest BCUT2D eigenvalue weighted by Gasteiger charge is -1.97. The van der Waals surface area contributed by atoms with Crippen molar-refractivity contribution in [2.75, 3.05) is 0 Å². The van der Waals surface area contributed by atoms with Crippen LogP contribution in [0.4, 0.5) is 0 Å². The third kappa shape index (κ3) is 1.52. The number of aromatic carboxylic acids is 1. The molecule has 2 aromatic rings. The molecule has 0 bridgehead atoms. The highest BCUT2D eigenvalue weighted by atomic mass is 16.4. The van der Waals surface area contributed by atoms with Gasteiger partial charge in [-0.1, -0.05) is 19.9 Å². The number of aromatic nitrogens is 1. The van der Waals surface area contributed by atoms with Crippen LogP contribution in [-0.4, -0.2) is 16.1 Å². The number of benzene rings is 1. The average molecular weight is 231 g/mol. The summed E-state index contributed by atoms with van der Waals surface area (Å²) in [6.07, 6.45) is 1.04. The van der Waals surface area contributed by atoms with E-state index < -0.39 is 5.97 Å². The Morgan fingerprint density at radius 1 is 1.53 bits per heavy atom. The Labute approximate surface area is 98.3 Å². The lowest BCUT2D eigenvalue weighted by Crippen LogP contribution is -1.95. The van der Waals surface area contributed by atoms with Crippen LogP contribution in [0.2, 0.25) is 0 Å². The molecule has 1 unspecified atom stereocenters. The molecule has 4 heteroatoms. The second kappa shape index (κ2) is 3.09. The average Bonchev–Trinajstić information content (AvgIpc) is 2.73. The lowest BCUT2D eigenvalue weighted by atomic mass is 10.1. The summed E-state index contributed by atoms with van der Waals surface area (Å²) in [6.45, 7) is 4.31. The van der Waals surface area contributed by atoms with Gasteiger partial charge in [0.15, 0.2) is 11.5 Å². The summed E-state index contributed by atoms with van der Waals surface area (Å²) in [6, 6.07) is 5.01. The lowest BCUT2D eigenvalue weighted by molar-refractivity contribution is 0.0698. The number of hydrogen-bond donors (Lipinski definition) is 1. The van der Waals surface area contributed by atoms with Crippen LogP contribution in [-0.2, 0) is 0 Å². The van der Waals surface area contributed by atoms with Crippen LogP contribution in [0.1, 0.15) is 42.4 Å². The van der Waals surface area contributed by atoms with Gasteiger partial charge in [-0.05, 0) is 24.0 Å². The maximum Gasteiger partial charge on any atom is 0.339 e. The summed E-state index contributed by atoms with van der Waals surface area (Å²) in [4.78, 5) is 15.4. The van der Waals surface area contributed by atoms with Crippen molar-refractivity contribution in [1.29, 1.82) is 0 Å². The molecule has 1 aromatic carbocycles. The zero-order valence-electron chi connectivity index (χ0n) is 9.73. The Kier molecular flexibility index (Phi) is 1.88. The van der Waals surface area contributed by atoms with Crippen LogP contribution in [0.25, 0.3) is 11.1 Å². The molecule has 0 saturated heterocycles. The second-order valence-corrected chi connectivity index (χ2v) is 5.26. The van der Waals surface area contributed by atoms with Crippen LogP contribution in [0.15, 0.2) is 22.6 Å². The van der Waals surface area contributed by atoms with Crippen molar-refractivity contribution >= 4 is 17.1 Å². The number of rotatable bonds is 2. The molecule has 0 amide bonds. The molecule has 1 atom stereocenters. The molecule has 0 aliphatic heterocycles. The van der Waals surface area contributed by atoms with Crippen molar-refractivity contribution in [2.45, 2.75) is 26.2 Å². The summed E-state index contributed by atoms with van der Waals surface area (Å²) >= 11 is 0. The van der Waals surface area contributed by atoms with Gasteiger partial charge in [0.25, 0.3) is 0 Å². The van der Waals surface area contributed by atoms with E-state index in [9.17, 15) is 4.79 Å². The van der Waals surface area contributed by atoms with Crippen LogP contribution in [0.5, 0.6) is 0 Å². The molecule has 1 N–H and O–H groups in total. The highest BCUT2D eigenvalue weighted by molar-refractivity contribution is 5.99. The first-order valence-corrected chi connectivity index (χ1v) is 5.62. The molecule has 17 heavy (non-hydrogen) atoms. The van der Waals surface area contributed by atoms with Crippen LogP contribution in [0.3, 0.4) is 0 Å². The first-order valence-electron chi connectivity index (χ1n) is 5.62. The number of carboxylic acids is 1. The van der Waals surface area contributed by atoms with E-state index in [1.165, 1.54) is 6.07 Å². The van der Waals surface area contributed by atoms with Gasteiger partial charge >= 0.3 is 5.97 Å². The fourth-order valence-electron chi connectivity index (χ4n) is 2.17. The smallest absolute Gasteiger partial charge is 0.339 e. The van der Waals surface area contributed by atoms with Gasteiger partial charge in [-0.2, -0.15) is 0 Å². The number of hydrogen-bond acceptors (Lipinski definition) is 3. The Morgan fingerprint density at radius 2 is 2.24 bits per heavy atom. The van der Waals surface area contributed by atoms with Crippen molar-refractivity contribution in [3.8, 4) is 0 Å². The molecule has 1 heterocycles. The summed E-state index contributed by atoms with van der Waals surface area (Å²) in [7, 11) is 0. The third-order valence-electron chi connectivity index (χ3n) is 3.47. The molecule has 1 saturated carbocycles. The van der Waals surface area contributed by atoms with E-state index in [-0.39, 0.29) is 11.0 Å². The largest absolute Gasteiger partial charge is 0.478 e. The summed E-state index contributed by atoms with van der Waals surface area (Å²) in [5, 5.41) is 9.06. The minimum Gasteiger partial charge on any atom is -0.478 e. The first kappa shape index (κ1) is 10.3. The standard InChI is InChI=1S/C13H13NO3/c1-13(2)6-8(13)11-14-9-5-3-4-7(12(15)16)10(9)17-11/h3-5,8H,6H2,1-2H3,(H,15,16). The molecule has 0 radical (unpaired) electrons. The van der Waals surface area contributed by atoms with Gasteiger partial charge in [-0.3, -0.25) is 0 Å². The quantitative estimate of drug-likeness (QED) is 0.862. The number of carbonyl (C=O) groups is 1. The molecule has 4 nitrogen and oxygen atoms in total. The number of carboxylic acid groups (broad SMARTS) is 1. The van der Waals surface area contributed by atoms with Crippen molar-refractivity contribution in [2.24, 2.45) is 5.41 Å². The number of oxazole rings is 1. The SMILES string of the molecule is CC1(C)CC1c1nc2cccc(C(=O)O)c2o1. The molecular formula is C13H13NO3. The molecular weight excluding hydrogens is 218 g/mol. The topological polar surface area (TPSA) is 63.3 Å². The van der Waals surface area contributed by atoms with E-state index in [0.717, 1.165) is 6.42 Å². The number of fused-ring (bicyclic) bond motifs is 1. The van der Waals surface area contributed by atoms with E-state index in [1.807, 2.05) is 0 Å². The number of nitrogens with zero attached hydrogens (tertiary/aromatic N) is 1. The van der Waals surface area contributed by atoms with Gasteiger partial charge in [0.05, 0.1) is 0 Å². The fourth-order valence-corrected chi connectivity index (χ4v) is 2.17. The number of para-hydroxylation sites is 1. The van der Waals surface area contributed by atoms with Crippen LogP contribution in [0, 0.1) is 5.41 Å². The normalized spacial score (nSPS) is 21.6. The Morgan fingerprint density at radius 3 is 2.82 bits per heavy atom. The van der Waals surface area contributed by atoms with Gasteiger partial charge < -0.3 is 9.52 Å². The van der Waals surface area contributed by atoms with Crippen molar-refractivity contribution in [3.63, 3.8) is 0 Å². The molecule has 1 aliphatic carbocycles. The van der Waals surface area contributed by atoms with Crippen LogP contribution >= 0.6 is 0 Å². The molecule has 1 aromatic heterocycles. The molecule has 0 spiro atoms. The second-order valence-electron chi connectivity index (χ2n) is 5.26.